The minimum Gasteiger partial charge on any atom is -0.462 e. The van der Waals surface area contributed by atoms with Gasteiger partial charge >= 0.3 is 5.97 Å². The summed E-state index contributed by atoms with van der Waals surface area (Å²) in [5.74, 6) is 0.747. The number of esters is 1. The van der Waals surface area contributed by atoms with E-state index in [0.717, 1.165) is 6.42 Å². The van der Waals surface area contributed by atoms with E-state index in [4.69, 9.17) is 4.74 Å². The third-order valence-corrected chi connectivity index (χ3v) is 7.12. The molecule has 2 nitrogen and oxygen atoms in total. The standard InChI is InChI=1S/C28H54O2/c1-8-9-10-11-12-13-14-15-16-17-18-19-20-21-22-28(25(4)5,26(6)7)23-30-27(29)24(2)3/h25-26H,2,8-23H2,1,3-7H3. The highest BCUT2D eigenvalue weighted by Gasteiger charge is 2.38. The van der Waals surface area contributed by atoms with Crippen molar-refractivity contribution in [3.05, 3.63) is 12.2 Å². The molecule has 0 rings (SSSR count). The topological polar surface area (TPSA) is 26.3 Å². The van der Waals surface area contributed by atoms with Gasteiger partial charge in [-0.3, -0.25) is 0 Å². The molecule has 0 saturated heterocycles. The summed E-state index contributed by atoms with van der Waals surface area (Å²) in [6.07, 6.45) is 20.6. The molecule has 30 heavy (non-hydrogen) atoms. The van der Waals surface area contributed by atoms with Gasteiger partial charge in [-0.05, 0) is 25.2 Å². The van der Waals surface area contributed by atoms with E-state index in [1.807, 2.05) is 0 Å². The van der Waals surface area contributed by atoms with E-state index in [1.165, 1.54) is 89.9 Å². The molecule has 0 aromatic carbocycles. The molecule has 0 unspecified atom stereocenters. The first-order chi connectivity index (χ1) is 14.3. The van der Waals surface area contributed by atoms with E-state index in [-0.39, 0.29) is 11.4 Å². The third kappa shape index (κ3) is 12.8. The second-order valence-corrected chi connectivity index (χ2v) is 10.2. The summed E-state index contributed by atoms with van der Waals surface area (Å²) in [7, 11) is 0. The zero-order chi connectivity index (χ0) is 22.8. The summed E-state index contributed by atoms with van der Waals surface area (Å²) in [4.78, 5) is 11.9. The molecule has 0 aliphatic rings. The minimum atomic E-state index is -0.248. The number of ether oxygens (including phenoxy) is 1. The lowest BCUT2D eigenvalue weighted by molar-refractivity contribution is -0.145. The molecule has 0 aromatic rings. The van der Waals surface area contributed by atoms with E-state index in [2.05, 4.69) is 41.2 Å². The molecule has 0 atom stereocenters. The Morgan fingerprint density at radius 1 is 0.733 bits per heavy atom. The molecular formula is C28H54O2. The second-order valence-electron chi connectivity index (χ2n) is 10.2. The Kier molecular flexibility index (Phi) is 17.4. The number of hydrogen-bond acceptors (Lipinski definition) is 2. The maximum absolute atomic E-state index is 11.9. The fraction of sp³-hybridized carbons (Fsp3) is 0.893. The molecule has 0 aromatic heterocycles. The largest absolute Gasteiger partial charge is 0.462 e. The molecule has 0 saturated carbocycles. The summed E-state index contributed by atoms with van der Waals surface area (Å²) >= 11 is 0. The summed E-state index contributed by atoms with van der Waals surface area (Å²) in [6, 6.07) is 0. The molecule has 2 heteroatoms. The molecule has 0 aliphatic heterocycles. The number of unbranched alkanes of at least 4 members (excludes halogenated alkanes) is 13. The van der Waals surface area contributed by atoms with Crippen LogP contribution in [-0.4, -0.2) is 12.6 Å². The van der Waals surface area contributed by atoms with Crippen molar-refractivity contribution in [1.82, 2.24) is 0 Å². The van der Waals surface area contributed by atoms with Gasteiger partial charge in [0, 0.05) is 11.0 Å². The maximum atomic E-state index is 11.9. The molecule has 0 bridgehead atoms. The molecule has 0 N–H and O–H groups in total. The van der Waals surface area contributed by atoms with Crippen LogP contribution in [0, 0.1) is 17.3 Å². The van der Waals surface area contributed by atoms with Crippen molar-refractivity contribution in [2.45, 2.75) is 138 Å². The van der Waals surface area contributed by atoms with Crippen LogP contribution in [0.3, 0.4) is 0 Å². The highest BCUT2D eigenvalue weighted by atomic mass is 16.5. The molecule has 178 valence electrons. The molecule has 0 fully saturated rings. The van der Waals surface area contributed by atoms with Crippen LogP contribution in [0.1, 0.15) is 138 Å². The fourth-order valence-corrected chi connectivity index (χ4v) is 4.62. The fourth-order valence-electron chi connectivity index (χ4n) is 4.62. The van der Waals surface area contributed by atoms with Gasteiger partial charge in [-0.2, -0.15) is 0 Å². The van der Waals surface area contributed by atoms with Gasteiger partial charge in [0.1, 0.15) is 0 Å². The maximum Gasteiger partial charge on any atom is 0.333 e. The predicted molar refractivity (Wildman–Crippen MR) is 133 cm³/mol. The lowest BCUT2D eigenvalue weighted by Gasteiger charge is -2.41. The summed E-state index contributed by atoms with van der Waals surface area (Å²) in [6.45, 7) is 17.3. The molecule has 0 radical (unpaired) electrons. The average molecular weight is 423 g/mol. The van der Waals surface area contributed by atoms with Gasteiger partial charge in [0.25, 0.3) is 0 Å². The average Bonchev–Trinajstić information content (AvgIpc) is 2.69. The monoisotopic (exact) mass is 422 g/mol. The normalized spacial score (nSPS) is 12.0. The van der Waals surface area contributed by atoms with Gasteiger partial charge in [0.2, 0.25) is 0 Å². The van der Waals surface area contributed by atoms with Gasteiger partial charge in [0.05, 0.1) is 6.61 Å². The van der Waals surface area contributed by atoms with E-state index in [0.29, 0.717) is 24.0 Å². The van der Waals surface area contributed by atoms with Crippen LogP contribution < -0.4 is 0 Å². The van der Waals surface area contributed by atoms with Gasteiger partial charge in [0.15, 0.2) is 0 Å². The molecule has 0 aliphatic carbocycles. The first-order valence-electron chi connectivity index (χ1n) is 13.1. The van der Waals surface area contributed by atoms with Crippen molar-refractivity contribution in [2.24, 2.45) is 17.3 Å². The van der Waals surface area contributed by atoms with E-state index >= 15 is 0 Å². The highest BCUT2D eigenvalue weighted by Crippen LogP contribution is 2.41. The highest BCUT2D eigenvalue weighted by molar-refractivity contribution is 5.86. The quantitative estimate of drug-likeness (QED) is 0.111. The Labute approximate surface area is 189 Å². The van der Waals surface area contributed by atoms with Crippen molar-refractivity contribution in [3.8, 4) is 0 Å². The van der Waals surface area contributed by atoms with Crippen LogP contribution in [0.25, 0.3) is 0 Å². The molecule has 0 spiro atoms. The van der Waals surface area contributed by atoms with Crippen molar-refractivity contribution >= 4 is 5.97 Å². The predicted octanol–water partition coefficient (Wildman–Crippen LogP) is 9.28. The lowest BCUT2D eigenvalue weighted by atomic mass is 9.66. The minimum absolute atomic E-state index is 0.0717. The first-order valence-corrected chi connectivity index (χ1v) is 13.1. The number of hydrogen-bond donors (Lipinski definition) is 0. The Balaban J connectivity index is 3.96. The lowest BCUT2D eigenvalue weighted by Crippen LogP contribution is -2.39. The van der Waals surface area contributed by atoms with Crippen LogP contribution in [0.5, 0.6) is 0 Å². The number of carbonyl (C=O) groups excluding carboxylic acids is 1. The van der Waals surface area contributed by atoms with Gasteiger partial charge in [-0.25, -0.2) is 4.79 Å². The van der Waals surface area contributed by atoms with Crippen LogP contribution in [0.15, 0.2) is 12.2 Å². The first kappa shape index (κ1) is 29.2. The summed E-state index contributed by atoms with van der Waals surface area (Å²) in [5.41, 5.74) is 0.565. The molecular weight excluding hydrogens is 368 g/mol. The van der Waals surface area contributed by atoms with E-state index in [1.54, 1.807) is 6.92 Å². The Morgan fingerprint density at radius 2 is 1.10 bits per heavy atom. The van der Waals surface area contributed by atoms with Crippen molar-refractivity contribution < 1.29 is 9.53 Å². The Hall–Kier alpha value is -0.790. The van der Waals surface area contributed by atoms with Crippen molar-refractivity contribution in [3.63, 3.8) is 0 Å². The number of carbonyl (C=O) groups is 1. The van der Waals surface area contributed by atoms with Crippen LogP contribution in [-0.2, 0) is 9.53 Å². The van der Waals surface area contributed by atoms with Crippen LogP contribution in [0.2, 0.25) is 0 Å². The Bertz CT molecular complexity index is 428. The van der Waals surface area contributed by atoms with Crippen LogP contribution in [0.4, 0.5) is 0 Å². The Morgan fingerprint density at radius 3 is 1.43 bits per heavy atom. The second kappa shape index (κ2) is 17.8. The SMILES string of the molecule is C=C(C)C(=O)OCC(CCCCCCCCCCCCCCCC)(C(C)C)C(C)C. The van der Waals surface area contributed by atoms with Gasteiger partial charge < -0.3 is 4.74 Å². The third-order valence-electron chi connectivity index (χ3n) is 7.12. The summed E-state index contributed by atoms with van der Waals surface area (Å²) < 4.78 is 5.62. The van der Waals surface area contributed by atoms with Gasteiger partial charge in [-0.15, -0.1) is 0 Å². The smallest absolute Gasteiger partial charge is 0.333 e. The van der Waals surface area contributed by atoms with Crippen molar-refractivity contribution in [1.29, 1.82) is 0 Å². The van der Waals surface area contributed by atoms with Crippen molar-refractivity contribution in [2.75, 3.05) is 6.61 Å². The zero-order valence-corrected chi connectivity index (χ0v) is 21.5. The molecule has 0 amide bonds. The summed E-state index contributed by atoms with van der Waals surface area (Å²) in [5, 5.41) is 0. The molecule has 0 heterocycles. The van der Waals surface area contributed by atoms with Gasteiger partial charge in [-0.1, -0.05) is 131 Å². The number of rotatable bonds is 20. The zero-order valence-electron chi connectivity index (χ0n) is 21.5. The van der Waals surface area contributed by atoms with E-state index < -0.39 is 0 Å². The van der Waals surface area contributed by atoms with Crippen LogP contribution >= 0.6 is 0 Å². The van der Waals surface area contributed by atoms with E-state index in [9.17, 15) is 4.79 Å².